The van der Waals surface area contributed by atoms with Crippen LogP contribution in [0.15, 0.2) is 47.4 Å². The molecule has 10 nitrogen and oxygen atoms in total. The Hall–Kier alpha value is -3.93. The van der Waals surface area contributed by atoms with Crippen molar-refractivity contribution in [1.82, 2.24) is 9.47 Å². The van der Waals surface area contributed by atoms with Crippen molar-refractivity contribution >= 4 is 38.2 Å². The van der Waals surface area contributed by atoms with Gasteiger partial charge in [-0.05, 0) is 49.1 Å². The van der Waals surface area contributed by atoms with E-state index < -0.39 is 22.7 Å². The van der Waals surface area contributed by atoms with Crippen molar-refractivity contribution in [2.45, 2.75) is 36.5 Å². The number of aromatic nitrogens is 1. The number of carbonyl (C=O) groups excluding carboxylic acids is 1. The highest BCUT2D eigenvalue weighted by Gasteiger charge is 2.30. The lowest BCUT2D eigenvalue weighted by atomic mass is 10.0. The van der Waals surface area contributed by atoms with Crippen molar-refractivity contribution in [3.63, 3.8) is 0 Å². The molecule has 4 rings (SSSR count). The van der Waals surface area contributed by atoms with Gasteiger partial charge >= 0.3 is 6.18 Å². The molecule has 4 N–H and O–H groups in total. The van der Waals surface area contributed by atoms with Crippen LogP contribution in [0.2, 0.25) is 0 Å². The van der Waals surface area contributed by atoms with Gasteiger partial charge in [-0.15, -0.1) is 0 Å². The van der Waals surface area contributed by atoms with E-state index in [1.165, 1.54) is 32.4 Å². The van der Waals surface area contributed by atoms with E-state index in [-0.39, 0.29) is 41.4 Å². The van der Waals surface area contributed by atoms with E-state index in [0.29, 0.717) is 48.2 Å². The normalized spacial score (nSPS) is 14.4. The molecule has 0 spiro atoms. The van der Waals surface area contributed by atoms with Crippen LogP contribution < -0.4 is 20.5 Å². The van der Waals surface area contributed by atoms with E-state index >= 15 is 0 Å². The van der Waals surface area contributed by atoms with Crippen LogP contribution in [0, 0.1) is 11.8 Å². The molecule has 2 heterocycles. The summed E-state index contributed by atoms with van der Waals surface area (Å²) in [6, 6.07) is 10.9. The summed E-state index contributed by atoms with van der Waals surface area (Å²) in [5.41, 5.74) is 1.71. The molecule has 0 unspecified atom stereocenters. The number of anilines is 2. The molecule has 1 amide bonds. The molecule has 3 aromatic rings. The Morgan fingerprint density at radius 2 is 1.86 bits per heavy atom. The van der Waals surface area contributed by atoms with E-state index in [9.17, 15) is 26.4 Å². The molecule has 1 saturated heterocycles. The number of hydrogen-bond acceptors (Lipinski definition) is 7. The quantitative estimate of drug-likeness (QED) is 0.318. The third kappa shape index (κ3) is 7.67. The molecule has 0 atom stereocenters. The number of carbonyl (C=O) groups is 1. The van der Waals surface area contributed by atoms with Crippen LogP contribution in [-0.4, -0.2) is 76.5 Å². The van der Waals surface area contributed by atoms with Gasteiger partial charge in [0, 0.05) is 43.4 Å². The van der Waals surface area contributed by atoms with E-state index in [2.05, 4.69) is 22.5 Å². The number of alkyl halides is 3. The lowest BCUT2D eigenvalue weighted by Gasteiger charge is -2.33. The first kappa shape index (κ1) is 31.0. The molecule has 1 fully saturated rings. The van der Waals surface area contributed by atoms with Gasteiger partial charge in [-0.2, -0.15) is 13.2 Å². The number of nitrogens with zero attached hydrogens (tertiary/aromatic N) is 2. The molecular formula is C28H32F3N5O5S. The number of ether oxygens (including phenoxy) is 2. The van der Waals surface area contributed by atoms with Crippen molar-refractivity contribution in [3.8, 4) is 17.6 Å². The van der Waals surface area contributed by atoms with Gasteiger partial charge in [0.1, 0.15) is 18.9 Å². The van der Waals surface area contributed by atoms with E-state index in [4.69, 9.17) is 14.6 Å². The summed E-state index contributed by atoms with van der Waals surface area (Å²) in [4.78, 5) is 13.7. The molecule has 1 aliphatic heterocycles. The number of nitrogens with two attached hydrogens (primary N) is 1. The average molecular weight is 608 g/mol. The van der Waals surface area contributed by atoms with Gasteiger partial charge in [0.2, 0.25) is 15.9 Å². The Balaban J connectivity index is 1.54. The topological polar surface area (TPSA) is 128 Å². The van der Waals surface area contributed by atoms with Crippen LogP contribution >= 0.6 is 0 Å². The molecule has 0 saturated carbocycles. The van der Waals surface area contributed by atoms with Crippen LogP contribution in [0.3, 0.4) is 0 Å². The predicted octanol–water partition coefficient (Wildman–Crippen LogP) is 3.37. The first-order chi connectivity index (χ1) is 19.9. The number of benzene rings is 2. The molecule has 0 bridgehead atoms. The number of methoxy groups -OCH3 is 2. The van der Waals surface area contributed by atoms with E-state index in [0.717, 1.165) is 4.57 Å². The number of halogens is 3. The zero-order chi connectivity index (χ0) is 30.5. The van der Waals surface area contributed by atoms with Crippen molar-refractivity contribution < 1.29 is 35.9 Å². The van der Waals surface area contributed by atoms with Gasteiger partial charge in [-0.3, -0.25) is 4.79 Å². The van der Waals surface area contributed by atoms with Crippen molar-refractivity contribution in [2.75, 3.05) is 51.1 Å². The van der Waals surface area contributed by atoms with Crippen molar-refractivity contribution in [3.05, 3.63) is 48.2 Å². The molecule has 1 aliphatic rings. The molecule has 0 aliphatic carbocycles. The fourth-order valence-corrected chi connectivity index (χ4v) is 5.37. The standard InChI is InChI=1S/C28H32F3N5O5S/c1-40-17-27(37)35-13-10-19(11-14-35)34-23-6-3-7-25-22(23)15-20(36(25)18-28(29,30)31)5-4-12-33-24-9-8-21(42(32,38)39)16-26(24)41-2/h3,6-9,15-16,19,33-34H,10-14,17-18H2,1-2H3,(H2,32,38,39). The second-order valence-corrected chi connectivity index (χ2v) is 11.3. The smallest absolute Gasteiger partial charge is 0.406 e. The third-order valence-electron chi connectivity index (χ3n) is 6.84. The van der Waals surface area contributed by atoms with E-state index in [1.807, 2.05) is 6.07 Å². The summed E-state index contributed by atoms with van der Waals surface area (Å²) in [5, 5.41) is 12.2. The van der Waals surface area contributed by atoms with Gasteiger partial charge in [-0.25, -0.2) is 13.6 Å². The number of rotatable bonds is 9. The fourth-order valence-electron chi connectivity index (χ4n) is 4.84. The fraction of sp³-hybridized carbons (Fsp3) is 0.393. The molecule has 226 valence electrons. The lowest BCUT2D eigenvalue weighted by Crippen LogP contribution is -2.43. The minimum Gasteiger partial charge on any atom is -0.495 e. The molecular weight excluding hydrogens is 575 g/mol. The highest BCUT2D eigenvalue weighted by molar-refractivity contribution is 7.89. The molecule has 42 heavy (non-hydrogen) atoms. The van der Waals surface area contributed by atoms with Gasteiger partial charge in [0.05, 0.1) is 35.4 Å². The Kier molecular flexibility index (Phi) is 9.55. The summed E-state index contributed by atoms with van der Waals surface area (Å²) >= 11 is 0. The average Bonchev–Trinajstić information content (AvgIpc) is 3.27. The molecule has 14 heteroatoms. The second-order valence-electron chi connectivity index (χ2n) is 9.76. The highest BCUT2D eigenvalue weighted by atomic mass is 32.2. The molecule has 1 aromatic heterocycles. The number of primary sulfonamides is 1. The number of fused-ring (bicyclic) bond motifs is 1. The van der Waals surface area contributed by atoms with Crippen LogP contribution in [-0.2, 0) is 26.1 Å². The Labute approximate surface area is 242 Å². The number of sulfonamides is 1. The van der Waals surface area contributed by atoms with Crippen LogP contribution in [0.1, 0.15) is 18.5 Å². The van der Waals surface area contributed by atoms with Crippen molar-refractivity contribution in [2.24, 2.45) is 5.14 Å². The summed E-state index contributed by atoms with van der Waals surface area (Å²) in [6.45, 7) is -0.0133. The Morgan fingerprint density at radius 3 is 2.50 bits per heavy atom. The minimum absolute atomic E-state index is 0.0297. The highest BCUT2D eigenvalue weighted by Crippen LogP contribution is 2.31. The monoisotopic (exact) mass is 607 g/mol. The Morgan fingerprint density at radius 1 is 1.12 bits per heavy atom. The zero-order valence-corrected chi connectivity index (χ0v) is 23.9. The lowest BCUT2D eigenvalue weighted by molar-refractivity contribution is -0.140. The number of hydrogen-bond donors (Lipinski definition) is 3. The minimum atomic E-state index is -4.47. The van der Waals surface area contributed by atoms with Gasteiger partial charge in [0.15, 0.2) is 0 Å². The number of piperidine rings is 1. The first-order valence-corrected chi connectivity index (χ1v) is 14.6. The largest absolute Gasteiger partial charge is 0.495 e. The van der Waals surface area contributed by atoms with Gasteiger partial charge in [-0.1, -0.05) is 12.0 Å². The molecule has 0 radical (unpaired) electrons. The Bertz CT molecular complexity index is 1600. The van der Waals surface area contributed by atoms with Crippen LogP contribution in [0.4, 0.5) is 24.5 Å². The SMILES string of the molecule is COCC(=O)N1CCC(Nc2cccc3c2cc(C#CCNc2ccc(S(N)(=O)=O)cc2OC)n3CC(F)(F)F)CC1. The summed E-state index contributed by atoms with van der Waals surface area (Å²) in [7, 11) is -1.08. The summed E-state index contributed by atoms with van der Waals surface area (Å²) < 4.78 is 75.2. The maximum atomic E-state index is 13.6. The van der Waals surface area contributed by atoms with Crippen molar-refractivity contribution in [1.29, 1.82) is 0 Å². The van der Waals surface area contributed by atoms with E-state index in [1.54, 1.807) is 23.1 Å². The van der Waals surface area contributed by atoms with Crippen LogP contribution in [0.25, 0.3) is 10.9 Å². The summed E-state index contributed by atoms with van der Waals surface area (Å²) in [5.74, 6) is 5.83. The zero-order valence-electron chi connectivity index (χ0n) is 23.1. The second kappa shape index (κ2) is 12.9. The first-order valence-electron chi connectivity index (χ1n) is 13.1. The molecule has 2 aromatic carbocycles. The van der Waals surface area contributed by atoms with Crippen LogP contribution in [0.5, 0.6) is 5.75 Å². The number of amides is 1. The predicted molar refractivity (Wildman–Crippen MR) is 153 cm³/mol. The number of nitrogens with one attached hydrogen (secondary N) is 2. The van der Waals surface area contributed by atoms with Gasteiger partial charge in [0.25, 0.3) is 0 Å². The number of likely N-dealkylation sites (tertiary alicyclic amines) is 1. The maximum absolute atomic E-state index is 13.6. The third-order valence-corrected chi connectivity index (χ3v) is 7.75. The summed E-state index contributed by atoms with van der Waals surface area (Å²) in [6.07, 6.45) is -3.09. The van der Waals surface area contributed by atoms with Gasteiger partial charge < -0.3 is 29.6 Å². The maximum Gasteiger partial charge on any atom is 0.406 e.